The molecule has 124 valence electrons. The summed E-state index contributed by atoms with van der Waals surface area (Å²) in [5, 5.41) is 1.14. The summed E-state index contributed by atoms with van der Waals surface area (Å²) in [6, 6.07) is 8.52. The molecular formula is C18H24N2O2S. The lowest BCUT2D eigenvalue weighted by Gasteiger charge is -2.35. The topological polar surface area (TPSA) is 32.8 Å². The molecule has 1 aromatic heterocycles. The molecule has 1 saturated heterocycles. The molecule has 5 heteroatoms. The first kappa shape index (κ1) is 16.4. The molecule has 0 radical (unpaired) electrons. The summed E-state index contributed by atoms with van der Waals surface area (Å²) < 4.78 is 6.51. The molecule has 1 aliphatic heterocycles. The van der Waals surface area contributed by atoms with Crippen molar-refractivity contribution in [3.8, 4) is 0 Å². The second-order valence-electron chi connectivity index (χ2n) is 6.29. The van der Waals surface area contributed by atoms with Crippen molar-refractivity contribution < 1.29 is 9.53 Å². The number of piperidine rings is 1. The second kappa shape index (κ2) is 6.99. The number of rotatable bonds is 4. The lowest BCUT2D eigenvalue weighted by atomic mass is 10.0. The van der Waals surface area contributed by atoms with Crippen molar-refractivity contribution in [1.29, 1.82) is 0 Å². The zero-order valence-electron chi connectivity index (χ0n) is 14.0. The van der Waals surface area contributed by atoms with Crippen LogP contribution in [0.15, 0.2) is 24.3 Å². The van der Waals surface area contributed by atoms with Gasteiger partial charge in [-0.15, -0.1) is 11.3 Å². The molecule has 0 spiro atoms. The van der Waals surface area contributed by atoms with Crippen LogP contribution in [0.3, 0.4) is 0 Å². The Balaban J connectivity index is 1.89. The Bertz CT molecular complexity index is 689. The fraction of sp³-hybridized carbons (Fsp3) is 0.500. The minimum absolute atomic E-state index is 0.132. The van der Waals surface area contributed by atoms with E-state index in [-0.39, 0.29) is 5.91 Å². The molecule has 1 aliphatic rings. The molecule has 0 bridgehead atoms. The Kier molecular flexibility index (Phi) is 4.99. The highest BCUT2D eigenvalue weighted by atomic mass is 32.1. The van der Waals surface area contributed by atoms with Crippen LogP contribution in [0.4, 0.5) is 0 Å². The van der Waals surface area contributed by atoms with Crippen molar-refractivity contribution in [3.63, 3.8) is 0 Å². The first-order valence-corrected chi connectivity index (χ1v) is 8.88. The minimum Gasteiger partial charge on any atom is -0.380 e. The predicted octanol–water partition coefficient (Wildman–Crippen LogP) is 3.21. The van der Waals surface area contributed by atoms with Gasteiger partial charge in [0.25, 0.3) is 5.91 Å². The molecule has 2 aromatic rings. The van der Waals surface area contributed by atoms with E-state index in [1.807, 2.05) is 24.1 Å². The van der Waals surface area contributed by atoms with Crippen LogP contribution in [0.1, 0.15) is 28.1 Å². The van der Waals surface area contributed by atoms with Gasteiger partial charge >= 0.3 is 0 Å². The van der Waals surface area contributed by atoms with E-state index in [9.17, 15) is 4.79 Å². The summed E-state index contributed by atoms with van der Waals surface area (Å²) in [6.07, 6.45) is 2.09. The monoisotopic (exact) mass is 332 g/mol. The van der Waals surface area contributed by atoms with E-state index in [2.05, 4.69) is 24.1 Å². The molecule has 0 saturated carbocycles. The molecule has 23 heavy (non-hydrogen) atoms. The van der Waals surface area contributed by atoms with Gasteiger partial charge in [0, 0.05) is 30.5 Å². The van der Waals surface area contributed by atoms with Crippen LogP contribution >= 0.6 is 11.3 Å². The average molecular weight is 332 g/mol. The average Bonchev–Trinajstić information content (AvgIpc) is 2.93. The van der Waals surface area contributed by atoms with E-state index < -0.39 is 0 Å². The van der Waals surface area contributed by atoms with E-state index >= 15 is 0 Å². The highest BCUT2D eigenvalue weighted by Crippen LogP contribution is 2.33. The van der Waals surface area contributed by atoms with Crippen molar-refractivity contribution >= 4 is 27.3 Å². The fourth-order valence-corrected chi connectivity index (χ4v) is 4.46. The van der Waals surface area contributed by atoms with Crippen molar-refractivity contribution in [3.05, 3.63) is 34.7 Å². The third-order valence-corrected chi connectivity index (χ3v) is 5.94. The smallest absolute Gasteiger partial charge is 0.264 e. The number of ether oxygens (including phenoxy) is 1. The molecule has 0 atom stereocenters. The van der Waals surface area contributed by atoms with Gasteiger partial charge < -0.3 is 14.5 Å². The second-order valence-corrected chi connectivity index (χ2v) is 7.34. The standard InChI is InChI=1S/C18H24N2O2S/c1-19-10-8-13(9-11-19)20(2)18(21)17-15(12-22-3)14-6-4-5-7-16(14)23-17/h4-7,13H,8-12H2,1-3H3. The molecule has 1 amide bonds. The van der Waals surface area contributed by atoms with E-state index in [4.69, 9.17) is 4.74 Å². The van der Waals surface area contributed by atoms with Crippen molar-refractivity contribution in [2.75, 3.05) is 34.3 Å². The maximum Gasteiger partial charge on any atom is 0.264 e. The number of thiophene rings is 1. The van der Waals surface area contributed by atoms with Crippen LogP contribution < -0.4 is 0 Å². The quantitative estimate of drug-likeness (QED) is 0.862. The first-order chi connectivity index (χ1) is 11.1. The number of nitrogens with zero attached hydrogens (tertiary/aromatic N) is 2. The summed E-state index contributed by atoms with van der Waals surface area (Å²) in [5.41, 5.74) is 1.03. The number of carbonyl (C=O) groups is 1. The molecule has 0 aliphatic carbocycles. The van der Waals surface area contributed by atoms with Crippen LogP contribution in [0.25, 0.3) is 10.1 Å². The SMILES string of the molecule is COCc1c(C(=O)N(C)C2CCN(C)CC2)sc2ccccc12. The minimum atomic E-state index is 0.132. The van der Waals surface area contributed by atoms with Gasteiger partial charge in [-0.1, -0.05) is 18.2 Å². The molecule has 0 N–H and O–H groups in total. The number of likely N-dealkylation sites (tertiary alicyclic amines) is 1. The van der Waals surface area contributed by atoms with Gasteiger partial charge in [0.05, 0.1) is 11.5 Å². The normalized spacial score (nSPS) is 16.8. The van der Waals surface area contributed by atoms with Crippen LogP contribution in [0, 0.1) is 0 Å². The number of benzene rings is 1. The first-order valence-electron chi connectivity index (χ1n) is 8.07. The van der Waals surface area contributed by atoms with Crippen molar-refractivity contribution in [2.45, 2.75) is 25.5 Å². The lowest BCUT2D eigenvalue weighted by molar-refractivity contribution is 0.0660. The highest BCUT2D eigenvalue weighted by molar-refractivity contribution is 7.21. The molecule has 4 nitrogen and oxygen atoms in total. The van der Waals surface area contributed by atoms with Crippen LogP contribution in [0.5, 0.6) is 0 Å². The Morgan fingerprint density at radius 3 is 2.74 bits per heavy atom. The summed E-state index contributed by atoms with van der Waals surface area (Å²) in [6.45, 7) is 2.59. The third-order valence-electron chi connectivity index (χ3n) is 4.74. The van der Waals surface area contributed by atoms with Crippen molar-refractivity contribution in [1.82, 2.24) is 9.80 Å². The van der Waals surface area contributed by atoms with E-state index in [0.29, 0.717) is 12.6 Å². The largest absolute Gasteiger partial charge is 0.380 e. The number of hydrogen-bond acceptors (Lipinski definition) is 4. The third kappa shape index (κ3) is 3.27. The molecular weight excluding hydrogens is 308 g/mol. The number of methoxy groups -OCH3 is 1. The molecule has 3 rings (SSSR count). The Labute approximate surface area is 141 Å². The van der Waals surface area contributed by atoms with Gasteiger partial charge in [0.1, 0.15) is 0 Å². The van der Waals surface area contributed by atoms with Gasteiger partial charge in [-0.05, 0) is 44.4 Å². The van der Waals surface area contributed by atoms with E-state index in [1.165, 1.54) is 0 Å². The molecule has 0 unspecified atom stereocenters. The van der Waals surface area contributed by atoms with Crippen LogP contribution in [-0.2, 0) is 11.3 Å². The van der Waals surface area contributed by atoms with Crippen LogP contribution in [0.2, 0.25) is 0 Å². The van der Waals surface area contributed by atoms with Gasteiger partial charge in [-0.2, -0.15) is 0 Å². The number of carbonyl (C=O) groups excluding carboxylic acids is 1. The van der Waals surface area contributed by atoms with Gasteiger partial charge in [-0.25, -0.2) is 0 Å². The lowest BCUT2D eigenvalue weighted by Crippen LogP contribution is -2.44. The Morgan fingerprint density at radius 1 is 1.35 bits per heavy atom. The van der Waals surface area contributed by atoms with Gasteiger partial charge in [0.15, 0.2) is 0 Å². The maximum absolute atomic E-state index is 13.1. The van der Waals surface area contributed by atoms with E-state index in [0.717, 1.165) is 46.5 Å². The fourth-order valence-electron chi connectivity index (χ4n) is 3.27. The van der Waals surface area contributed by atoms with Gasteiger partial charge in [-0.3, -0.25) is 4.79 Å². The summed E-state index contributed by atoms with van der Waals surface area (Å²) >= 11 is 1.58. The van der Waals surface area contributed by atoms with Gasteiger partial charge in [0.2, 0.25) is 0 Å². The molecule has 1 fully saturated rings. The zero-order valence-corrected chi connectivity index (χ0v) is 14.9. The highest BCUT2D eigenvalue weighted by Gasteiger charge is 2.27. The number of fused-ring (bicyclic) bond motifs is 1. The van der Waals surface area contributed by atoms with Crippen molar-refractivity contribution in [2.24, 2.45) is 0 Å². The van der Waals surface area contributed by atoms with E-state index in [1.54, 1.807) is 18.4 Å². The maximum atomic E-state index is 13.1. The van der Waals surface area contributed by atoms with Crippen LogP contribution in [-0.4, -0.2) is 56.0 Å². The summed E-state index contributed by atoms with van der Waals surface area (Å²) in [4.78, 5) is 18.2. The zero-order chi connectivity index (χ0) is 16.4. The summed E-state index contributed by atoms with van der Waals surface area (Å²) in [7, 11) is 5.77. The number of amides is 1. The molecule has 1 aromatic carbocycles. The summed E-state index contributed by atoms with van der Waals surface area (Å²) in [5.74, 6) is 0.132. The Morgan fingerprint density at radius 2 is 2.04 bits per heavy atom. The number of hydrogen-bond donors (Lipinski definition) is 0. The Hall–Kier alpha value is -1.43. The molecule has 2 heterocycles. The predicted molar refractivity (Wildman–Crippen MR) is 95.2 cm³/mol.